The van der Waals surface area contributed by atoms with Crippen LogP contribution in [0.3, 0.4) is 0 Å². The fourth-order valence-corrected chi connectivity index (χ4v) is 4.47. The molecule has 0 bridgehead atoms. The summed E-state index contributed by atoms with van der Waals surface area (Å²) in [5.74, 6) is -0.767. The molecule has 1 amide bonds. The lowest BCUT2D eigenvalue weighted by Crippen LogP contribution is -2.17. The van der Waals surface area contributed by atoms with Crippen molar-refractivity contribution in [1.82, 2.24) is 10.6 Å². The van der Waals surface area contributed by atoms with E-state index in [1.165, 1.54) is 16.7 Å². The number of hydrogen-bond acceptors (Lipinski definition) is 4. The number of carbonyl (C=O) groups excluding carboxylic acids is 1. The molecular weight excluding hydrogens is 486 g/mol. The van der Waals surface area contributed by atoms with Crippen LogP contribution in [-0.4, -0.2) is 24.0 Å². The van der Waals surface area contributed by atoms with Crippen LogP contribution in [0.2, 0.25) is 0 Å². The van der Waals surface area contributed by atoms with E-state index in [4.69, 9.17) is 0 Å². The van der Waals surface area contributed by atoms with Gasteiger partial charge in [-0.3, -0.25) is 9.59 Å². The first kappa shape index (κ1) is 27.6. The monoisotopic (exact) mass is 521 g/mol. The summed E-state index contributed by atoms with van der Waals surface area (Å²) in [4.78, 5) is 22.6. The number of aryl methyl sites for hydroxylation is 1. The summed E-state index contributed by atoms with van der Waals surface area (Å²) in [6, 6.07) is 32.7. The van der Waals surface area contributed by atoms with Gasteiger partial charge in [0.15, 0.2) is 0 Å². The average molecular weight is 522 g/mol. The SMILES string of the molecule is CNC(=O)CCc1ccc(CNCc2cccc(NCc3ccc(-c4ccccc4CC(=O)O)cc3)c2)cc1. The molecular formula is C33H35N3O3. The third-order valence-corrected chi connectivity index (χ3v) is 6.65. The number of carbonyl (C=O) groups is 2. The molecule has 0 saturated heterocycles. The third kappa shape index (κ3) is 8.55. The van der Waals surface area contributed by atoms with Crippen molar-refractivity contribution in [3.63, 3.8) is 0 Å². The number of aliphatic carboxylic acids is 1. The lowest BCUT2D eigenvalue weighted by Gasteiger charge is -2.11. The summed E-state index contributed by atoms with van der Waals surface area (Å²) < 4.78 is 0. The van der Waals surface area contributed by atoms with Crippen molar-refractivity contribution in [2.45, 2.75) is 38.9 Å². The van der Waals surface area contributed by atoms with Crippen LogP contribution in [0.15, 0.2) is 97.1 Å². The Morgan fingerprint density at radius 1 is 0.718 bits per heavy atom. The largest absolute Gasteiger partial charge is 0.481 e. The van der Waals surface area contributed by atoms with Gasteiger partial charge in [0.2, 0.25) is 5.91 Å². The second kappa shape index (κ2) is 13.9. The second-order valence-electron chi connectivity index (χ2n) is 9.57. The fraction of sp³-hybridized carbons (Fsp3) is 0.212. The minimum Gasteiger partial charge on any atom is -0.481 e. The Morgan fingerprint density at radius 2 is 1.38 bits per heavy atom. The molecule has 0 aliphatic heterocycles. The Bertz CT molecular complexity index is 1380. The molecule has 0 aliphatic carbocycles. The smallest absolute Gasteiger partial charge is 0.307 e. The number of carboxylic acid groups (broad SMARTS) is 1. The molecule has 4 N–H and O–H groups in total. The highest BCUT2D eigenvalue weighted by atomic mass is 16.4. The van der Waals surface area contributed by atoms with Crippen molar-refractivity contribution in [3.05, 3.63) is 125 Å². The number of rotatable bonds is 13. The summed E-state index contributed by atoms with van der Waals surface area (Å²) >= 11 is 0. The minimum absolute atomic E-state index is 0.0113. The maximum atomic E-state index is 11.4. The van der Waals surface area contributed by atoms with E-state index in [0.717, 1.165) is 47.5 Å². The Labute approximate surface area is 230 Å². The Kier molecular flexibility index (Phi) is 9.86. The number of carboxylic acids is 1. The molecule has 0 unspecified atom stereocenters. The first-order valence-electron chi connectivity index (χ1n) is 13.2. The Hall–Kier alpha value is -4.42. The first-order valence-corrected chi connectivity index (χ1v) is 13.2. The van der Waals surface area contributed by atoms with Gasteiger partial charge in [0, 0.05) is 38.8 Å². The quantitative estimate of drug-likeness (QED) is 0.185. The van der Waals surface area contributed by atoms with Gasteiger partial charge < -0.3 is 21.1 Å². The van der Waals surface area contributed by atoms with Gasteiger partial charge in [-0.05, 0) is 57.5 Å². The van der Waals surface area contributed by atoms with Crippen molar-refractivity contribution in [2.75, 3.05) is 12.4 Å². The maximum Gasteiger partial charge on any atom is 0.307 e. The summed E-state index contributed by atoms with van der Waals surface area (Å²) in [6.07, 6.45) is 1.27. The highest BCUT2D eigenvalue weighted by Crippen LogP contribution is 2.25. The van der Waals surface area contributed by atoms with Crippen molar-refractivity contribution in [3.8, 4) is 11.1 Å². The van der Waals surface area contributed by atoms with E-state index < -0.39 is 5.97 Å². The molecule has 6 nitrogen and oxygen atoms in total. The van der Waals surface area contributed by atoms with Gasteiger partial charge in [-0.25, -0.2) is 0 Å². The predicted octanol–water partition coefficient (Wildman–Crippen LogP) is 5.56. The number of nitrogens with one attached hydrogen (secondary N) is 3. The van der Waals surface area contributed by atoms with Gasteiger partial charge in [0.1, 0.15) is 0 Å². The number of benzene rings is 4. The topological polar surface area (TPSA) is 90.5 Å². The van der Waals surface area contributed by atoms with Gasteiger partial charge in [-0.2, -0.15) is 0 Å². The average Bonchev–Trinajstić information content (AvgIpc) is 2.96. The molecule has 4 aromatic carbocycles. The highest BCUT2D eigenvalue weighted by molar-refractivity contribution is 5.77. The van der Waals surface area contributed by atoms with Crippen LogP contribution < -0.4 is 16.0 Å². The molecule has 4 rings (SSSR count). The normalized spacial score (nSPS) is 10.7. The maximum absolute atomic E-state index is 11.4. The third-order valence-electron chi connectivity index (χ3n) is 6.65. The predicted molar refractivity (Wildman–Crippen MR) is 156 cm³/mol. The molecule has 39 heavy (non-hydrogen) atoms. The molecule has 6 heteroatoms. The van der Waals surface area contributed by atoms with Crippen molar-refractivity contribution < 1.29 is 14.7 Å². The summed E-state index contributed by atoms with van der Waals surface area (Å²) in [5.41, 5.74) is 8.57. The molecule has 0 aromatic heterocycles. The molecule has 0 radical (unpaired) electrons. The van der Waals surface area contributed by atoms with E-state index in [0.29, 0.717) is 13.0 Å². The van der Waals surface area contributed by atoms with Crippen molar-refractivity contribution in [2.24, 2.45) is 0 Å². The number of anilines is 1. The number of amides is 1. The molecule has 0 spiro atoms. The Morgan fingerprint density at radius 3 is 2.13 bits per heavy atom. The molecule has 200 valence electrons. The van der Waals surface area contributed by atoms with E-state index in [1.54, 1.807) is 7.05 Å². The second-order valence-corrected chi connectivity index (χ2v) is 9.57. The molecule has 0 saturated carbocycles. The van der Waals surface area contributed by atoms with Crippen molar-refractivity contribution >= 4 is 17.6 Å². The van der Waals surface area contributed by atoms with Crippen LogP contribution in [0.4, 0.5) is 5.69 Å². The number of hydrogen-bond donors (Lipinski definition) is 4. The van der Waals surface area contributed by atoms with Crippen LogP contribution >= 0.6 is 0 Å². The standard InChI is InChI=1S/C33H35N3O3/c1-34-32(37)18-15-24-9-11-25(12-10-24)21-35-22-27-5-4-7-30(19-27)36-23-26-13-16-28(17-14-26)31-8-3-2-6-29(31)20-33(38)39/h2-14,16-17,19,35-36H,15,18,20-23H2,1H3,(H,34,37)(H,38,39). The molecule has 0 atom stereocenters. The van der Waals surface area contributed by atoms with E-state index in [-0.39, 0.29) is 12.3 Å². The van der Waals surface area contributed by atoms with Gasteiger partial charge in [-0.15, -0.1) is 0 Å². The molecule has 4 aromatic rings. The fourth-order valence-electron chi connectivity index (χ4n) is 4.47. The summed E-state index contributed by atoms with van der Waals surface area (Å²) in [5, 5.41) is 18.9. The van der Waals surface area contributed by atoms with Gasteiger partial charge in [-0.1, -0.05) is 84.9 Å². The van der Waals surface area contributed by atoms with Crippen LogP contribution in [0.25, 0.3) is 11.1 Å². The van der Waals surface area contributed by atoms with Crippen LogP contribution in [0.1, 0.15) is 34.2 Å². The van der Waals surface area contributed by atoms with Gasteiger partial charge in [0.25, 0.3) is 0 Å². The zero-order valence-electron chi connectivity index (χ0n) is 22.2. The summed E-state index contributed by atoms with van der Waals surface area (Å²) in [7, 11) is 1.66. The lowest BCUT2D eigenvalue weighted by atomic mass is 9.97. The van der Waals surface area contributed by atoms with E-state index in [2.05, 4.69) is 76.6 Å². The van der Waals surface area contributed by atoms with E-state index in [1.807, 2.05) is 36.4 Å². The molecule has 0 fully saturated rings. The van der Waals surface area contributed by atoms with Crippen molar-refractivity contribution in [1.29, 1.82) is 0 Å². The molecule has 0 heterocycles. The van der Waals surface area contributed by atoms with Gasteiger partial charge in [0.05, 0.1) is 6.42 Å². The van der Waals surface area contributed by atoms with E-state index >= 15 is 0 Å². The van der Waals surface area contributed by atoms with Crippen LogP contribution in [-0.2, 0) is 42.1 Å². The van der Waals surface area contributed by atoms with Crippen LogP contribution in [0.5, 0.6) is 0 Å². The highest BCUT2D eigenvalue weighted by Gasteiger charge is 2.08. The summed E-state index contributed by atoms with van der Waals surface area (Å²) in [6.45, 7) is 2.23. The molecule has 0 aliphatic rings. The lowest BCUT2D eigenvalue weighted by molar-refractivity contribution is -0.136. The zero-order chi connectivity index (χ0) is 27.5. The van der Waals surface area contributed by atoms with Crippen LogP contribution in [0, 0.1) is 0 Å². The van der Waals surface area contributed by atoms with Gasteiger partial charge >= 0.3 is 5.97 Å². The zero-order valence-corrected chi connectivity index (χ0v) is 22.2. The Balaban J connectivity index is 1.26. The minimum atomic E-state index is -0.828. The van der Waals surface area contributed by atoms with E-state index in [9.17, 15) is 14.7 Å². The first-order chi connectivity index (χ1) is 19.0.